The average molecular weight is 355 g/mol. The van der Waals surface area contributed by atoms with Crippen LogP contribution in [0.5, 0.6) is 0 Å². The lowest BCUT2D eigenvalue weighted by Gasteiger charge is -2.23. The van der Waals surface area contributed by atoms with E-state index in [0.29, 0.717) is 39.2 Å². The number of benzene rings is 1. The van der Waals surface area contributed by atoms with Crippen molar-refractivity contribution < 1.29 is 18.7 Å². The Labute approximate surface area is 145 Å². The minimum absolute atomic E-state index is 0.00173. The van der Waals surface area contributed by atoms with Gasteiger partial charge in [0, 0.05) is 38.3 Å². The Hall–Kier alpha value is -1.66. The van der Waals surface area contributed by atoms with E-state index in [-0.39, 0.29) is 22.4 Å². The van der Waals surface area contributed by atoms with Crippen LogP contribution in [0.2, 0.25) is 5.02 Å². The Morgan fingerprint density at radius 3 is 2.83 bits per heavy atom. The van der Waals surface area contributed by atoms with Crippen molar-refractivity contribution in [1.82, 2.24) is 9.80 Å². The Morgan fingerprint density at radius 1 is 1.38 bits per heavy atom. The van der Waals surface area contributed by atoms with E-state index >= 15 is 0 Å². The van der Waals surface area contributed by atoms with E-state index < -0.39 is 11.2 Å². The summed E-state index contributed by atoms with van der Waals surface area (Å²) in [6.07, 6.45) is 1.35. The summed E-state index contributed by atoms with van der Waals surface area (Å²) in [5.41, 5.74) is -0.523. The summed E-state index contributed by atoms with van der Waals surface area (Å²) in [6, 6.07) is 4.02. The van der Waals surface area contributed by atoms with Crippen LogP contribution in [0.3, 0.4) is 0 Å². The van der Waals surface area contributed by atoms with E-state index in [2.05, 4.69) is 0 Å². The molecule has 1 spiro atoms. The van der Waals surface area contributed by atoms with Gasteiger partial charge in [0.15, 0.2) is 0 Å². The van der Waals surface area contributed by atoms with Crippen LogP contribution < -0.4 is 0 Å². The zero-order chi connectivity index (χ0) is 17.3. The third-order valence-corrected chi connectivity index (χ3v) is 5.20. The molecule has 0 N–H and O–H groups in total. The Balaban J connectivity index is 1.71. The number of hydrogen-bond donors (Lipinski definition) is 0. The van der Waals surface area contributed by atoms with Crippen LogP contribution in [0.15, 0.2) is 18.2 Å². The number of hydrogen-bond acceptors (Lipinski definition) is 3. The number of nitrogens with zero attached hydrogens (tertiary/aromatic N) is 2. The van der Waals surface area contributed by atoms with Crippen LogP contribution in [0, 0.1) is 11.2 Å². The second kappa shape index (κ2) is 6.69. The van der Waals surface area contributed by atoms with Gasteiger partial charge in [-0.1, -0.05) is 11.6 Å². The van der Waals surface area contributed by atoms with Gasteiger partial charge in [-0.15, -0.1) is 0 Å². The molecular formula is C17H20ClFN2O3. The maximum atomic E-state index is 14.0. The number of halogens is 2. The van der Waals surface area contributed by atoms with E-state index in [1.807, 2.05) is 0 Å². The van der Waals surface area contributed by atoms with Gasteiger partial charge in [-0.25, -0.2) is 4.39 Å². The second-order valence-corrected chi connectivity index (χ2v) is 6.85. The molecule has 3 rings (SSSR count). The zero-order valence-corrected chi connectivity index (χ0v) is 14.3. The first-order valence-corrected chi connectivity index (χ1v) is 8.37. The molecule has 2 amide bonds. The lowest BCUT2D eigenvalue weighted by molar-refractivity contribution is -0.135. The summed E-state index contributed by atoms with van der Waals surface area (Å²) in [5, 5.41) is 0.252. The molecule has 2 aliphatic heterocycles. The molecule has 2 heterocycles. The lowest BCUT2D eigenvalue weighted by Crippen LogP contribution is -2.39. The van der Waals surface area contributed by atoms with Gasteiger partial charge in [0.05, 0.1) is 17.6 Å². The molecule has 1 atom stereocenters. The Morgan fingerprint density at radius 2 is 2.12 bits per heavy atom. The molecule has 24 heavy (non-hydrogen) atoms. The molecule has 2 aliphatic rings. The van der Waals surface area contributed by atoms with Crippen LogP contribution in [-0.4, -0.2) is 61.5 Å². The maximum Gasteiger partial charge on any atom is 0.256 e. The smallest absolute Gasteiger partial charge is 0.256 e. The summed E-state index contributed by atoms with van der Waals surface area (Å²) in [5.74, 6) is -0.941. The second-order valence-electron chi connectivity index (χ2n) is 6.42. The van der Waals surface area contributed by atoms with Crippen molar-refractivity contribution in [1.29, 1.82) is 0 Å². The van der Waals surface area contributed by atoms with Gasteiger partial charge in [-0.2, -0.15) is 0 Å². The van der Waals surface area contributed by atoms with E-state index in [4.69, 9.17) is 16.3 Å². The van der Waals surface area contributed by atoms with Crippen LogP contribution in [0.25, 0.3) is 0 Å². The van der Waals surface area contributed by atoms with Crippen molar-refractivity contribution >= 4 is 23.4 Å². The molecule has 0 aliphatic carbocycles. The molecular weight excluding hydrogens is 335 g/mol. The fourth-order valence-corrected chi connectivity index (χ4v) is 3.72. The number of carbonyl (C=O) groups is 2. The van der Waals surface area contributed by atoms with Crippen LogP contribution >= 0.6 is 11.6 Å². The topological polar surface area (TPSA) is 49.9 Å². The molecule has 5 nitrogen and oxygen atoms in total. The zero-order valence-electron chi connectivity index (χ0n) is 13.6. The highest BCUT2D eigenvalue weighted by Crippen LogP contribution is 2.41. The van der Waals surface area contributed by atoms with Gasteiger partial charge in [0.25, 0.3) is 5.91 Å². The van der Waals surface area contributed by atoms with E-state index in [1.165, 1.54) is 12.1 Å². The predicted octanol–water partition coefficient (Wildman–Crippen LogP) is 2.19. The SMILES string of the molecule is COCCN1CCC2(CCN(C(=O)c3ccc(Cl)cc3F)C2)C1=O. The van der Waals surface area contributed by atoms with Gasteiger partial charge in [-0.3, -0.25) is 9.59 Å². The fraction of sp³-hybridized carbons (Fsp3) is 0.529. The molecule has 0 radical (unpaired) electrons. The Kier molecular flexibility index (Phi) is 4.78. The molecule has 7 heteroatoms. The number of likely N-dealkylation sites (tertiary alicyclic amines) is 2. The van der Waals surface area contributed by atoms with Crippen molar-refractivity contribution in [3.8, 4) is 0 Å². The maximum absolute atomic E-state index is 14.0. The predicted molar refractivity (Wildman–Crippen MR) is 87.4 cm³/mol. The van der Waals surface area contributed by atoms with Crippen LogP contribution in [0.1, 0.15) is 23.2 Å². The standard InChI is InChI=1S/C17H20ClFN2O3/c1-24-9-8-20-6-4-17(16(20)23)5-7-21(11-17)15(22)13-3-2-12(18)10-14(13)19/h2-3,10H,4-9,11H2,1H3. The van der Waals surface area contributed by atoms with Crippen molar-refractivity contribution in [3.05, 3.63) is 34.6 Å². The molecule has 0 bridgehead atoms. The molecule has 1 aromatic carbocycles. The van der Waals surface area contributed by atoms with Gasteiger partial charge in [0.2, 0.25) is 5.91 Å². The monoisotopic (exact) mass is 354 g/mol. The minimum Gasteiger partial charge on any atom is -0.383 e. The third kappa shape index (κ3) is 3.00. The van der Waals surface area contributed by atoms with Crippen molar-refractivity contribution in [2.45, 2.75) is 12.8 Å². The molecule has 1 unspecified atom stereocenters. The first-order chi connectivity index (χ1) is 11.5. The molecule has 0 aromatic heterocycles. The molecule has 1 aromatic rings. The molecule has 0 saturated carbocycles. The number of carbonyl (C=O) groups excluding carboxylic acids is 2. The highest BCUT2D eigenvalue weighted by Gasteiger charge is 2.51. The highest BCUT2D eigenvalue weighted by molar-refractivity contribution is 6.30. The van der Waals surface area contributed by atoms with Crippen LogP contribution in [0.4, 0.5) is 4.39 Å². The summed E-state index contributed by atoms with van der Waals surface area (Å²) in [4.78, 5) is 28.6. The number of amides is 2. The summed E-state index contributed by atoms with van der Waals surface area (Å²) >= 11 is 5.73. The number of ether oxygens (including phenoxy) is 1. The van der Waals surface area contributed by atoms with Crippen molar-refractivity contribution in [2.24, 2.45) is 5.41 Å². The fourth-order valence-electron chi connectivity index (χ4n) is 3.57. The minimum atomic E-state index is -0.632. The average Bonchev–Trinajstić information content (AvgIpc) is 3.11. The largest absolute Gasteiger partial charge is 0.383 e. The first kappa shape index (κ1) is 17.2. The summed E-state index contributed by atoms with van der Waals surface area (Å²) < 4.78 is 19.0. The number of methoxy groups -OCH3 is 1. The summed E-state index contributed by atoms with van der Waals surface area (Å²) in [6.45, 7) is 2.55. The normalized spacial score (nSPS) is 23.5. The van der Waals surface area contributed by atoms with Crippen molar-refractivity contribution in [2.75, 3.05) is 39.9 Å². The quantitative estimate of drug-likeness (QED) is 0.832. The van der Waals surface area contributed by atoms with Crippen molar-refractivity contribution in [3.63, 3.8) is 0 Å². The van der Waals surface area contributed by atoms with Crippen LogP contribution in [-0.2, 0) is 9.53 Å². The first-order valence-electron chi connectivity index (χ1n) is 7.99. The third-order valence-electron chi connectivity index (χ3n) is 4.97. The lowest BCUT2D eigenvalue weighted by atomic mass is 9.85. The van der Waals surface area contributed by atoms with E-state index in [9.17, 15) is 14.0 Å². The molecule has 130 valence electrons. The summed E-state index contributed by atoms with van der Waals surface area (Å²) in [7, 11) is 1.60. The Bertz CT molecular complexity index is 669. The van der Waals surface area contributed by atoms with E-state index in [0.717, 1.165) is 12.5 Å². The van der Waals surface area contributed by atoms with Gasteiger partial charge in [-0.05, 0) is 31.0 Å². The molecule has 2 fully saturated rings. The van der Waals surface area contributed by atoms with E-state index in [1.54, 1.807) is 16.9 Å². The van der Waals surface area contributed by atoms with Gasteiger partial charge in [0.1, 0.15) is 5.82 Å². The molecule has 2 saturated heterocycles. The van der Waals surface area contributed by atoms with Gasteiger partial charge < -0.3 is 14.5 Å². The van der Waals surface area contributed by atoms with Gasteiger partial charge >= 0.3 is 0 Å². The number of rotatable bonds is 4. The highest BCUT2D eigenvalue weighted by atomic mass is 35.5.